The van der Waals surface area contributed by atoms with Crippen LogP contribution in [0.4, 0.5) is 0 Å². The van der Waals surface area contributed by atoms with Gasteiger partial charge in [-0.25, -0.2) is 0 Å². The van der Waals surface area contributed by atoms with Crippen molar-refractivity contribution in [3.8, 4) is 0 Å². The lowest BCUT2D eigenvalue weighted by Crippen LogP contribution is -2.20. The van der Waals surface area contributed by atoms with Crippen LogP contribution in [0.5, 0.6) is 0 Å². The third kappa shape index (κ3) is 8.64. The largest absolute Gasteiger partial charge is 0.348 e. The third-order valence-corrected chi connectivity index (χ3v) is 3.03. The van der Waals surface area contributed by atoms with E-state index in [-0.39, 0.29) is 5.91 Å². The molecule has 1 N–H and O–H groups in total. The minimum Gasteiger partial charge on any atom is -0.348 e. The molecule has 1 aromatic carbocycles. The zero-order valence-electron chi connectivity index (χ0n) is 13.2. The first-order valence-electron chi connectivity index (χ1n) is 7.37. The van der Waals surface area contributed by atoms with Crippen LogP contribution < -0.4 is 5.32 Å². The molecule has 0 fully saturated rings. The molecule has 0 aromatic heterocycles. The summed E-state index contributed by atoms with van der Waals surface area (Å²) in [6.07, 6.45) is 9.71. The van der Waals surface area contributed by atoms with Crippen molar-refractivity contribution < 1.29 is 4.79 Å². The summed E-state index contributed by atoms with van der Waals surface area (Å²) in [5.74, 6) is -0.0628. The van der Waals surface area contributed by atoms with Crippen LogP contribution in [-0.2, 0) is 11.3 Å². The minimum atomic E-state index is -0.0628. The van der Waals surface area contributed by atoms with E-state index < -0.39 is 0 Å². The highest BCUT2D eigenvalue weighted by atomic mass is 16.1. The average Bonchev–Trinajstić information content (AvgIpc) is 2.46. The van der Waals surface area contributed by atoms with Crippen molar-refractivity contribution in [1.29, 1.82) is 0 Å². The number of hydrogen-bond acceptors (Lipinski definition) is 1. The molecule has 21 heavy (non-hydrogen) atoms. The molecule has 0 saturated carbocycles. The van der Waals surface area contributed by atoms with Crippen LogP contribution in [-0.4, -0.2) is 5.91 Å². The molecule has 0 aliphatic rings. The van der Waals surface area contributed by atoms with E-state index in [2.05, 4.69) is 32.2 Å². The van der Waals surface area contributed by atoms with Crippen molar-refractivity contribution >= 4 is 5.91 Å². The summed E-state index contributed by atoms with van der Waals surface area (Å²) in [5.41, 5.74) is 3.73. The Bertz CT molecular complexity index is 520. The number of amides is 1. The molecular formula is C19H25NO. The van der Waals surface area contributed by atoms with Gasteiger partial charge in [0, 0.05) is 12.6 Å². The van der Waals surface area contributed by atoms with Gasteiger partial charge in [0.2, 0.25) is 5.91 Å². The lowest BCUT2D eigenvalue weighted by Gasteiger charge is -2.01. The van der Waals surface area contributed by atoms with Gasteiger partial charge in [-0.15, -0.1) is 0 Å². The molecule has 0 heterocycles. The van der Waals surface area contributed by atoms with Crippen LogP contribution in [0.3, 0.4) is 0 Å². The van der Waals surface area contributed by atoms with Crippen molar-refractivity contribution in [3.63, 3.8) is 0 Å². The zero-order valence-corrected chi connectivity index (χ0v) is 13.2. The summed E-state index contributed by atoms with van der Waals surface area (Å²) in [5, 5.41) is 2.87. The molecule has 0 atom stereocenters. The number of allylic oxidation sites excluding steroid dienone is 5. The van der Waals surface area contributed by atoms with Crippen molar-refractivity contribution in [1.82, 2.24) is 5.32 Å². The molecule has 0 spiro atoms. The second-order valence-electron chi connectivity index (χ2n) is 5.40. The second-order valence-corrected chi connectivity index (χ2v) is 5.40. The first-order chi connectivity index (χ1) is 10.1. The number of benzene rings is 1. The Hall–Kier alpha value is -2.09. The molecule has 0 aliphatic heterocycles. The third-order valence-electron chi connectivity index (χ3n) is 3.03. The summed E-state index contributed by atoms with van der Waals surface area (Å²) in [6.45, 7) is 6.87. The predicted octanol–water partition coefficient (Wildman–Crippen LogP) is 4.55. The Kier molecular flexibility index (Phi) is 7.88. The maximum Gasteiger partial charge on any atom is 0.244 e. The molecule has 0 saturated heterocycles. The molecule has 0 radical (unpaired) electrons. The molecular weight excluding hydrogens is 258 g/mol. The van der Waals surface area contributed by atoms with Gasteiger partial charge in [-0.3, -0.25) is 4.79 Å². The smallest absolute Gasteiger partial charge is 0.244 e. The van der Waals surface area contributed by atoms with Crippen molar-refractivity contribution in [2.45, 2.75) is 40.2 Å². The quantitative estimate of drug-likeness (QED) is 0.444. The summed E-state index contributed by atoms with van der Waals surface area (Å²) < 4.78 is 0. The summed E-state index contributed by atoms with van der Waals surface area (Å²) in [4.78, 5) is 11.7. The van der Waals surface area contributed by atoms with Crippen LogP contribution in [0.1, 0.15) is 39.2 Å². The van der Waals surface area contributed by atoms with E-state index in [1.807, 2.05) is 42.5 Å². The fraction of sp³-hybridized carbons (Fsp3) is 0.316. The Morgan fingerprint density at radius 1 is 1.14 bits per heavy atom. The topological polar surface area (TPSA) is 29.1 Å². The van der Waals surface area contributed by atoms with Gasteiger partial charge in [0.1, 0.15) is 0 Å². The number of nitrogens with one attached hydrogen (secondary N) is 1. The van der Waals surface area contributed by atoms with E-state index in [0.29, 0.717) is 6.54 Å². The summed E-state index contributed by atoms with van der Waals surface area (Å²) >= 11 is 0. The normalized spacial score (nSPS) is 11.5. The standard InChI is InChI=1S/C19H25NO/c1-16(2)9-7-10-17(3)11-8-14-19(21)20-15-18-12-5-4-6-13-18/h4-6,8-9,11-14H,7,10,15H2,1-3H3,(H,20,21)/b14-8+,17-11+. The Morgan fingerprint density at radius 2 is 1.86 bits per heavy atom. The first kappa shape index (κ1) is 17.0. The van der Waals surface area contributed by atoms with E-state index in [1.165, 1.54) is 11.1 Å². The van der Waals surface area contributed by atoms with Gasteiger partial charge in [0.15, 0.2) is 0 Å². The fourth-order valence-electron chi connectivity index (χ4n) is 1.82. The van der Waals surface area contributed by atoms with Gasteiger partial charge in [-0.1, -0.05) is 59.7 Å². The van der Waals surface area contributed by atoms with E-state index in [0.717, 1.165) is 18.4 Å². The highest BCUT2D eigenvalue weighted by molar-refractivity contribution is 5.87. The van der Waals surface area contributed by atoms with E-state index in [9.17, 15) is 4.79 Å². The zero-order chi connectivity index (χ0) is 15.5. The maximum atomic E-state index is 11.7. The Morgan fingerprint density at radius 3 is 2.52 bits per heavy atom. The van der Waals surface area contributed by atoms with Crippen molar-refractivity contribution in [2.24, 2.45) is 0 Å². The Labute approximate surface area is 128 Å². The van der Waals surface area contributed by atoms with Crippen LogP contribution in [0.2, 0.25) is 0 Å². The highest BCUT2D eigenvalue weighted by Crippen LogP contribution is 2.06. The summed E-state index contributed by atoms with van der Waals surface area (Å²) in [7, 11) is 0. The maximum absolute atomic E-state index is 11.7. The van der Waals surface area contributed by atoms with Crippen LogP contribution in [0, 0.1) is 0 Å². The summed E-state index contributed by atoms with van der Waals surface area (Å²) in [6, 6.07) is 9.90. The minimum absolute atomic E-state index is 0.0628. The number of carbonyl (C=O) groups is 1. The van der Waals surface area contributed by atoms with Crippen molar-refractivity contribution in [2.75, 3.05) is 0 Å². The van der Waals surface area contributed by atoms with Gasteiger partial charge >= 0.3 is 0 Å². The van der Waals surface area contributed by atoms with E-state index in [4.69, 9.17) is 0 Å². The molecule has 1 rings (SSSR count). The Balaban J connectivity index is 2.31. The molecule has 2 heteroatoms. The number of rotatable bonds is 7. The first-order valence-corrected chi connectivity index (χ1v) is 7.37. The fourth-order valence-corrected chi connectivity index (χ4v) is 1.82. The number of carbonyl (C=O) groups excluding carboxylic acids is 1. The molecule has 112 valence electrons. The molecule has 0 aliphatic carbocycles. The molecule has 0 unspecified atom stereocenters. The monoisotopic (exact) mass is 283 g/mol. The SMILES string of the molecule is CC(C)=CCC/C(C)=C/C=C/C(=O)NCc1ccccc1. The second kappa shape index (κ2) is 9.76. The van der Waals surface area contributed by atoms with Crippen LogP contribution in [0.25, 0.3) is 0 Å². The van der Waals surface area contributed by atoms with Crippen LogP contribution >= 0.6 is 0 Å². The number of hydrogen-bond donors (Lipinski definition) is 1. The average molecular weight is 283 g/mol. The molecule has 1 amide bonds. The molecule has 1 aromatic rings. The molecule has 0 bridgehead atoms. The predicted molar refractivity (Wildman–Crippen MR) is 89.9 cm³/mol. The van der Waals surface area contributed by atoms with Gasteiger partial charge < -0.3 is 5.32 Å². The lowest BCUT2D eigenvalue weighted by molar-refractivity contribution is -0.116. The van der Waals surface area contributed by atoms with Gasteiger partial charge in [0.25, 0.3) is 0 Å². The van der Waals surface area contributed by atoms with Gasteiger partial charge in [0.05, 0.1) is 0 Å². The van der Waals surface area contributed by atoms with E-state index >= 15 is 0 Å². The van der Waals surface area contributed by atoms with E-state index in [1.54, 1.807) is 6.08 Å². The van der Waals surface area contributed by atoms with Crippen molar-refractivity contribution in [3.05, 3.63) is 71.3 Å². The highest BCUT2D eigenvalue weighted by Gasteiger charge is 1.95. The molecule has 2 nitrogen and oxygen atoms in total. The lowest BCUT2D eigenvalue weighted by atomic mass is 10.1. The van der Waals surface area contributed by atoms with Gasteiger partial charge in [-0.2, -0.15) is 0 Å². The van der Waals surface area contributed by atoms with Gasteiger partial charge in [-0.05, 0) is 39.2 Å². The van der Waals surface area contributed by atoms with Crippen LogP contribution in [0.15, 0.2) is 65.8 Å².